The van der Waals surface area contributed by atoms with E-state index in [-0.39, 0.29) is 4.90 Å². The lowest BCUT2D eigenvalue weighted by Gasteiger charge is -2.04. The molecule has 0 spiro atoms. The van der Waals surface area contributed by atoms with Crippen LogP contribution in [0.3, 0.4) is 0 Å². The minimum Gasteiger partial charge on any atom is -0.282 e. The van der Waals surface area contributed by atoms with Gasteiger partial charge in [-0.25, -0.2) is 0 Å². The maximum Gasteiger partial charge on any atom is 0.425 e. The van der Waals surface area contributed by atoms with E-state index >= 15 is 0 Å². The summed E-state index contributed by atoms with van der Waals surface area (Å²) in [7, 11) is -7.26. The Morgan fingerprint density at radius 1 is 1.05 bits per heavy atom. The Bertz CT molecular complexity index is 800. The second kappa shape index (κ2) is 5.91. The first-order valence-electron chi connectivity index (χ1n) is 4.95. The van der Waals surface area contributed by atoms with Gasteiger partial charge in [0.05, 0.1) is 0 Å². The van der Waals surface area contributed by atoms with Crippen molar-refractivity contribution in [1.82, 2.24) is 0 Å². The molecule has 0 aliphatic rings. The van der Waals surface area contributed by atoms with Crippen molar-refractivity contribution in [2.45, 2.75) is 11.8 Å². The van der Waals surface area contributed by atoms with E-state index in [1.165, 1.54) is 6.07 Å². The molecule has 8 heteroatoms. The van der Waals surface area contributed by atoms with Gasteiger partial charge in [0.25, 0.3) is 10.1 Å². The smallest absolute Gasteiger partial charge is 0.282 e. The van der Waals surface area contributed by atoms with Crippen LogP contribution in [0, 0.1) is 6.92 Å². The summed E-state index contributed by atoms with van der Waals surface area (Å²) in [4.78, 5) is -0.0382. The molecule has 0 bridgehead atoms. The monoisotopic (exact) mass is 302 g/mol. The molecule has 0 saturated heterocycles. The summed E-state index contributed by atoms with van der Waals surface area (Å²) in [5.41, 5.74) is 0.957. The molecule has 0 atom stereocenters. The van der Waals surface area contributed by atoms with Crippen molar-refractivity contribution in [1.29, 1.82) is 0 Å². The van der Waals surface area contributed by atoms with E-state index in [2.05, 4.69) is 0 Å². The van der Waals surface area contributed by atoms with Crippen LogP contribution in [0.25, 0.3) is 10.8 Å². The lowest BCUT2D eigenvalue weighted by molar-refractivity contribution is 0.484. The van der Waals surface area contributed by atoms with Gasteiger partial charge in [0, 0.05) is 5.39 Å². The summed E-state index contributed by atoms with van der Waals surface area (Å²) in [6, 6.07) is 10.3. The second-order valence-corrected chi connectivity index (χ2v) is 5.46. The van der Waals surface area contributed by atoms with Crippen molar-refractivity contribution in [2.24, 2.45) is 0 Å². The Balaban J connectivity index is 0.000000399. The van der Waals surface area contributed by atoms with E-state index in [4.69, 9.17) is 17.2 Å². The molecule has 0 saturated carbocycles. The Morgan fingerprint density at radius 3 is 2.16 bits per heavy atom. The van der Waals surface area contributed by atoms with Crippen LogP contribution in [0.15, 0.2) is 41.3 Å². The van der Waals surface area contributed by atoms with Crippen molar-refractivity contribution in [3.05, 3.63) is 42.0 Å². The second-order valence-electron chi connectivity index (χ2n) is 3.66. The van der Waals surface area contributed by atoms with Gasteiger partial charge < -0.3 is 0 Å². The number of fused-ring (bicyclic) bond motifs is 1. The first-order valence-corrected chi connectivity index (χ1v) is 7.39. The van der Waals surface area contributed by atoms with Crippen LogP contribution in [0.1, 0.15) is 5.56 Å². The molecule has 6 nitrogen and oxygen atoms in total. The van der Waals surface area contributed by atoms with Gasteiger partial charge in [-0.1, -0.05) is 35.9 Å². The summed E-state index contributed by atoms with van der Waals surface area (Å²) >= 11 is 0. The number of rotatable bonds is 1. The Kier molecular flexibility index (Phi) is 4.76. The third-order valence-electron chi connectivity index (χ3n) is 2.28. The van der Waals surface area contributed by atoms with Gasteiger partial charge in [0.15, 0.2) is 0 Å². The molecule has 19 heavy (non-hydrogen) atoms. The van der Waals surface area contributed by atoms with Gasteiger partial charge in [0.2, 0.25) is 0 Å². The van der Waals surface area contributed by atoms with Gasteiger partial charge in [-0.15, -0.1) is 12.6 Å². The fourth-order valence-electron chi connectivity index (χ4n) is 1.58. The zero-order chi connectivity index (χ0) is 14.6. The summed E-state index contributed by atoms with van der Waals surface area (Å²) in [6.07, 6.45) is 0. The predicted molar refractivity (Wildman–Crippen MR) is 68.2 cm³/mol. The molecule has 1 N–H and O–H groups in total. The molecule has 0 heterocycles. The van der Waals surface area contributed by atoms with Crippen LogP contribution >= 0.6 is 0 Å². The molecule has 102 valence electrons. The van der Waals surface area contributed by atoms with E-state index in [9.17, 15) is 8.42 Å². The Hall–Kier alpha value is -1.77. The highest BCUT2D eigenvalue weighted by molar-refractivity contribution is 7.86. The molecular formula is C11H10O6S2. The van der Waals surface area contributed by atoms with Crippen LogP contribution in [0.5, 0.6) is 0 Å². The van der Waals surface area contributed by atoms with Crippen LogP contribution in [-0.4, -0.2) is 25.6 Å². The van der Waals surface area contributed by atoms with E-state index in [0.717, 1.165) is 10.9 Å². The average Bonchev–Trinajstić information content (AvgIpc) is 2.26. The summed E-state index contributed by atoms with van der Waals surface area (Å²) in [5.74, 6) is 0. The minimum absolute atomic E-state index is 0.0382. The predicted octanol–water partition coefficient (Wildman–Crippen LogP) is 1.39. The fourth-order valence-corrected chi connectivity index (χ4v) is 2.29. The third-order valence-corrected chi connectivity index (χ3v) is 3.19. The highest BCUT2D eigenvalue weighted by Gasteiger charge is 2.12. The van der Waals surface area contributed by atoms with Gasteiger partial charge in [-0.3, -0.25) is 4.55 Å². The number of hydrogen-bond donors (Lipinski definition) is 1. The largest absolute Gasteiger partial charge is 0.425 e. The van der Waals surface area contributed by atoms with Crippen LogP contribution < -0.4 is 0 Å². The van der Waals surface area contributed by atoms with Gasteiger partial charge in [-0.05, 0) is 18.4 Å². The molecule has 2 aromatic rings. The number of aryl methyl sites for hydroxylation is 1. The fraction of sp³-hybridized carbons (Fsp3) is 0.0909. The molecule has 0 aliphatic carbocycles. The van der Waals surface area contributed by atoms with Gasteiger partial charge in [-0.2, -0.15) is 8.42 Å². The first kappa shape index (κ1) is 15.3. The molecule has 0 amide bonds. The first-order chi connectivity index (χ1) is 8.71. The topological polar surface area (TPSA) is 106 Å². The van der Waals surface area contributed by atoms with Crippen molar-refractivity contribution >= 4 is 31.5 Å². The standard InChI is InChI=1S/C11H10O3S.O3S/c1-8-5-6-9-3-2-4-11(10(9)7-8)15(12,13)14;1-4(2)3/h2-7H,1H3,(H,12,13,14);. The SMILES string of the molecule is Cc1ccc2cccc(S(=O)(=O)O)c2c1.O=S(=O)=O. The normalized spacial score (nSPS) is 10.6. The van der Waals surface area contributed by atoms with Crippen LogP contribution in [-0.2, 0) is 20.7 Å². The highest BCUT2D eigenvalue weighted by Crippen LogP contribution is 2.23. The maximum absolute atomic E-state index is 11.1. The van der Waals surface area contributed by atoms with Gasteiger partial charge >= 0.3 is 10.6 Å². The molecule has 0 unspecified atom stereocenters. The number of hydrogen-bond acceptors (Lipinski definition) is 5. The molecule has 0 fully saturated rings. The minimum atomic E-state index is -4.15. The quantitative estimate of drug-likeness (QED) is 0.798. The Morgan fingerprint density at radius 2 is 1.63 bits per heavy atom. The van der Waals surface area contributed by atoms with E-state index in [1.54, 1.807) is 12.1 Å². The third kappa shape index (κ3) is 4.43. The van der Waals surface area contributed by atoms with Crippen molar-refractivity contribution < 1.29 is 25.6 Å². The number of benzene rings is 2. The zero-order valence-corrected chi connectivity index (χ0v) is 11.4. The van der Waals surface area contributed by atoms with Crippen molar-refractivity contribution in [3.63, 3.8) is 0 Å². The van der Waals surface area contributed by atoms with Crippen molar-refractivity contribution in [3.8, 4) is 0 Å². The molecule has 0 radical (unpaired) electrons. The van der Waals surface area contributed by atoms with E-state index in [0.29, 0.717) is 5.39 Å². The average molecular weight is 302 g/mol. The maximum atomic E-state index is 11.1. The molecule has 2 rings (SSSR count). The molecule has 2 aromatic carbocycles. The lowest BCUT2D eigenvalue weighted by atomic mass is 10.1. The van der Waals surface area contributed by atoms with E-state index < -0.39 is 20.7 Å². The summed E-state index contributed by atoms with van der Waals surface area (Å²) in [5, 5.41) is 1.36. The van der Waals surface area contributed by atoms with Crippen LogP contribution in [0.2, 0.25) is 0 Å². The van der Waals surface area contributed by atoms with Crippen molar-refractivity contribution in [2.75, 3.05) is 0 Å². The molecular weight excluding hydrogens is 292 g/mol. The molecule has 0 aromatic heterocycles. The summed E-state index contributed by atoms with van der Waals surface area (Å²) < 4.78 is 56.6. The summed E-state index contributed by atoms with van der Waals surface area (Å²) in [6.45, 7) is 1.88. The lowest BCUT2D eigenvalue weighted by Crippen LogP contribution is -1.98. The van der Waals surface area contributed by atoms with Crippen LogP contribution in [0.4, 0.5) is 0 Å². The van der Waals surface area contributed by atoms with E-state index in [1.807, 2.05) is 25.1 Å². The van der Waals surface area contributed by atoms with Gasteiger partial charge in [0.1, 0.15) is 4.90 Å². The Labute approximate surface area is 111 Å². The molecule has 0 aliphatic heterocycles. The highest BCUT2D eigenvalue weighted by atomic mass is 32.2. The zero-order valence-electron chi connectivity index (χ0n) is 9.77.